The first kappa shape index (κ1) is 16.8. The number of benzene rings is 2. The van der Waals surface area contributed by atoms with E-state index in [0.717, 1.165) is 27.8 Å². The van der Waals surface area contributed by atoms with Crippen LogP contribution in [0.2, 0.25) is 0 Å². The predicted octanol–water partition coefficient (Wildman–Crippen LogP) is 3.38. The second-order valence-electron chi connectivity index (χ2n) is 5.91. The van der Waals surface area contributed by atoms with Gasteiger partial charge >= 0.3 is 11.6 Å². The first-order valence-electron chi connectivity index (χ1n) is 7.91. The van der Waals surface area contributed by atoms with E-state index >= 15 is 0 Å². The van der Waals surface area contributed by atoms with Crippen molar-refractivity contribution in [2.45, 2.75) is 6.92 Å². The minimum Gasteiger partial charge on any atom is -0.468 e. The molecule has 0 unspecified atom stereocenters. The van der Waals surface area contributed by atoms with Crippen LogP contribution in [0.5, 0.6) is 0 Å². The fourth-order valence-corrected chi connectivity index (χ4v) is 2.84. The third-order valence-corrected chi connectivity index (χ3v) is 4.20. The highest BCUT2D eigenvalue weighted by Crippen LogP contribution is 2.31. The van der Waals surface area contributed by atoms with Gasteiger partial charge < -0.3 is 14.1 Å². The fraction of sp³-hybridized carbons (Fsp3) is 0.200. The molecule has 0 fully saturated rings. The quantitative estimate of drug-likeness (QED) is 0.539. The van der Waals surface area contributed by atoms with Crippen molar-refractivity contribution in [3.63, 3.8) is 0 Å². The Balaban J connectivity index is 2.12. The third-order valence-electron chi connectivity index (χ3n) is 4.20. The summed E-state index contributed by atoms with van der Waals surface area (Å²) in [5, 5.41) is 0.851. The lowest BCUT2D eigenvalue weighted by Crippen LogP contribution is -2.26. The van der Waals surface area contributed by atoms with Crippen molar-refractivity contribution in [2.24, 2.45) is 0 Å². The number of hydrogen-bond donors (Lipinski definition) is 0. The Bertz CT molecular complexity index is 990. The summed E-state index contributed by atoms with van der Waals surface area (Å²) in [5.41, 5.74) is 3.77. The maximum Gasteiger partial charge on any atom is 0.336 e. The zero-order valence-corrected chi connectivity index (χ0v) is 14.4. The molecule has 5 nitrogen and oxygen atoms in total. The Morgan fingerprint density at radius 1 is 1.12 bits per heavy atom. The van der Waals surface area contributed by atoms with Gasteiger partial charge in [0.15, 0.2) is 0 Å². The lowest BCUT2D eigenvalue weighted by molar-refractivity contribution is -0.138. The standard InChI is InChI=1S/C20H19NO4/c1-13-6-4-5-7-15(13)17-11-19(22)25-18-10-14(8-9-16(17)18)21(2)12-20(23)24-3/h4-11H,12H2,1-3H3. The topological polar surface area (TPSA) is 59.8 Å². The molecular weight excluding hydrogens is 318 g/mol. The Kier molecular flexibility index (Phi) is 4.57. The number of fused-ring (bicyclic) bond motifs is 1. The van der Waals surface area contributed by atoms with E-state index in [4.69, 9.17) is 4.42 Å². The highest BCUT2D eigenvalue weighted by atomic mass is 16.5. The summed E-state index contributed by atoms with van der Waals surface area (Å²) in [6, 6.07) is 15.0. The number of nitrogens with zero attached hydrogens (tertiary/aromatic N) is 1. The predicted molar refractivity (Wildman–Crippen MR) is 97.9 cm³/mol. The van der Waals surface area contributed by atoms with Crippen molar-refractivity contribution in [3.8, 4) is 11.1 Å². The van der Waals surface area contributed by atoms with Crippen LogP contribution in [0.25, 0.3) is 22.1 Å². The van der Waals surface area contributed by atoms with Gasteiger partial charge in [0, 0.05) is 35.8 Å². The van der Waals surface area contributed by atoms with Crippen LogP contribution in [0, 0.1) is 6.92 Å². The summed E-state index contributed by atoms with van der Waals surface area (Å²) in [6.45, 7) is 2.12. The summed E-state index contributed by atoms with van der Waals surface area (Å²) >= 11 is 0. The number of ether oxygens (including phenoxy) is 1. The number of hydrogen-bond acceptors (Lipinski definition) is 5. The lowest BCUT2D eigenvalue weighted by atomic mass is 9.98. The monoisotopic (exact) mass is 337 g/mol. The van der Waals surface area contributed by atoms with Gasteiger partial charge in [0.1, 0.15) is 12.1 Å². The lowest BCUT2D eigenvalue weighted by Gasteiger charge is -2.18. The molecule has 3 rings (SSSR count). The summed E-state index contributed by atoms with van der Waals surface area (Å²) in [6.07, 6.45) is 0. The number of rotatable bonds is 4. The molecule has 3 aromatic rings. The van der Waals surface area contributed by atoms with Gasteiger partial charge in [0.2, 0.25) is 0 Å². The smallest absolute Gasteiger partial charge is 0.336 e. The van der Waals surface area contributed by atoms with Gasteiger partial charge in [-0.3, -0.25) is 4.79 Å². The van der Waals surface area contributed by atoms with E-state index in [-0.39, 0.29) is 12.5 Å². The molecule has 0 aliphatic carbocycles. The van der Waals surface area contributed by atoms with E-state index in [1.165, 1.54) is 13.2 Å². The number of anilines is 1. The molecule has 0 aliphatic heterocycles. The van der Waals surface area contributed by atoms with E-state index in [1.54, 1.807) is 18.0 Å². The van der Waals surface area contributed by atoms with E-state index in [2.05, 4.69) is 4.74 Å². The van der Waals surface area contributed by atoms with Crippen LogP contribution in [0.15, 0.2) is 57.7 Å². The van der Waals surface area contributed by atoms with Crippen LogP contribution < -0.4 is 10.5 Å². The van der Waals surface area contributed by atoms with Crippen LogP contribution in [0.4, 0.5) is 5.69 Å². The van der Waals surface area contributed by atoms with Crippen molar-refractivity contribution >= 4 is 22.6 Å². The normalized spacial score (nSPS) is 10.7. The average molecular weight is 337 g/mol. The number of likely N-dealkylation sites (N-methyl/N-ethyl adjacent to an activating group) is 1. The average Bonchev–Trinajstić information content (AvgIpc) is 2.60. The van der Waals surface area contributed by atoms with Gasteiger partial charge in [-0.2, -0.15) is 0 Å². The van der Waals surface area contributed by atoms with Crippen molar-refractivity contribution in [2.75, 3.05) is 25.6 Å². The second kappa shape index (κ2) is 6.81. The highest BCUT2D eigenvalue weighted by Gasteiger charge is 2.13. The van der Waals surface area contributed by atoms with E-state index < -0.39 is 5.63 Å². The Morgan fingerprint density at radius 3 is 2.60 bits per heavy atom. The maximum absolute atomic E-state index is 12.0. The zero-order valence-electron chi connectivity index (χ0n) is 14.4. The molecule has 0 saturated carbocycles. The van der Waals surface area contributed by atoms with Crippen LogP contribution >= 0.6 is 0 Å². The Labute approximate surface area is 145 Å². The van der Waals surface area contributed by atoms with Crippen molar-refractivity contribution in [1.29, 1.82) is 0 Å². The molecule has 5 heteroatoms. The van der Waals surface area contributed by atoms with Gasteiger partial charge in [-0.25, -0.2) is 4.79 Å². The van der Waals surface area contributed by atoms with Crippen LogP contribution in [0.1, 0.15) is 5.56 Å². The molecule has 0 bridgehead atoms. The third kappa shape index (κ3) is 3.40. The summed E-state index contributed by atoms with van der Waals surface area (Å²) in [7, 11) is 3.13. The van der Waals surface area contributed by atoms with E-state index in [0.29, 0.717) is 5.58 Å². The minimum atomic E-state index is -0.404. The van der Waals surface area contributed by atoms with Gasteiger partial charge in [0.05, 0.1) is 7.11 Å². The molecule has 0 saturated heterocycles. The zero-order chi connectivity index (χ0) is 18.0. The maximum atomic E-state index is 12.0. The van der Waals surface area contributed by atoms with Crippen molar-refractivity contribution in [1.82, 2.24) is 0 Å². The Morgan fingerprint density at radius 2 is 1.88 bits per heavy atom. The number of methoxy groups -OCH3 is 1. The molecule has 128 valence electrons. The first-order valence-corrected chi connectivity index (χ1v) is 7.91. The molecule has 2 aromatic carbocycles. The molecule has 0 atom stereocenters. The SMILES string of the molecule is COC(=O)CN(C)c1ccc2c(-c3ccccc3C)cc(=O)oc2c1. The van der Waals surface area contributed by atoms with Gasteiger partial charge in [0.25, 0.3) is 0 Å². The van der Waals surface area contributed by atoms with Gasteiger partial charge in [-0.15, -0.1) is 0 Å². The summed E-state index contributed by atoms with van der Waals surface area (Å²) < 4.78 is 10.1. The van der Waals surface area contributed by atoms with E-state index in [1.807, 2.05) is 43.3 Å². The van der Waals surface area contributed by atoms with Gasteiger partial charge in [-0.1, -0.05) is 24.3 Å². The molecule has 1 heterocycles. The molecule has 0 radical (unpaired) electrons. The second-order valence-corrected chi connectivity index (χ2v) is 5.91. The molecule has 0 amide bonds. The molecule has 0 spiro atoms. The van der Waals surface area contributed by atoms with E-state index in [9.17, 15) is 9.59 Å². The molecule has 1 aromatic heterocycles. The summed E-state index contributed by atoms with van der Waals surface area (Å²) in [4.78, 5) is 25.2. The molecule has 0 aliphatic rings. The molecule has 0 N–H and O–H groups in total. The van der Waals surface area contributed by atoms with Crippen molar-refractivity contribution in [3.05, 3.63) is 64.5 Å². The van der Waals surface area contributed by atoms with Crippen LogP contribution in [-0.4, -0.2) is 26.7 Å². The largest absolute Gasteiger partial charge is 0.468 e. The summed E-state index contributed by atoms with van der Waals surface area (Å²) in [5.74, 6) is -0.335. The number of aryl methyl sites for hydroxylation is 1. The first-order chi connectivity index (χ1) is 12.0. The van der Waals surface area contributed by atoms with Crippen LogP contribution in [-0.2, 0) is 9.53 Å². The van der Waals surface area contributed by atoms with Crippen LogP contribution in [0.3, 0.4) is 0 Å². The molecular formula is C20H19NO4. The fourth-order valence-electron chi connectivity index (χ4n) is 2.84. The van der Waals surface area contributed by atoms with Crippen molar-refractivity contribution < 1.29 is 13.9 Å². The number of esters is 1. The molecule has 25 heavy (non-hydrogen) atoms. The highest BCUT2D eigenvalue weighted by molar-refractivity contribution is 5.95. The van der Waals surface area contributed by atoms with Gasteiger partial charge in [-0.05, 0) is 30.2 Å². The minimum absolute atomic E-state index is 0.115. The Hall–Kier alpha value is -3.08. The number of carbonyl (C=O) groups is 1. The number of carbonyl (C=O) groups excluding carboxylic acids is 1.